The first-order chi connectivity index (χ1) is 15.8. The molecule has 9 nitrogen and oxygen atoms in total. The lowest BCUT2D eigenvalue weighted by Crippen LogP contribution is -2.47. The Morgan fingerprint density at radius 3 is 2.55 bits per heavy atom. The van der Waals surface area contributed by atoms with Gasteiger partial charge in [0.2, 0.25) is 10.0 Å². The summed E-state index contributed by atoms with van der Waals surface area (Å²) in [7, 11) is -1.71. The second-order valence-corrected chi connectivity index (χ2v) is 10.4. The van der Waals surface area contributed by atoms with Crippen LogP contribution in [0.4, 0.5) is 0 Å². The summed E-state index contributed by atoms with van der Waals surface area (Å²) in [4.78, 5) is 22.8. The van der Waals surface area contributed by atoms with Crippen molar-refractivity contribution >= 4 is 21.1 Å². The van der Waals surface area contributed by atoms with Gasteiger partial charge in [0, 0.05) is 38.9 Å². The molecule has 4 rings (SSSR count). The molecule has 0 bridgehead atoms. The molecule has 0 radical (unpaired) electrons. The number of ether oxygens (including phenoxy) is 1. The fourth-order valence-corrected chi connectivity index (χ4v) is 5.69. The lowest BCUT2D eigenvalue weighted by Gasteiger charge is -2.31. The van der Waals surface area contributed by atoms with E-state index in [0.717, 1.165) is 18.5 Å². The van der Waals surface area contributed by atoms with Crippen molar-refractivity contribution in [2.24, 2.45) is 0 Å². The molecular formula is C23H31N5O4S. The van der Waals surface area contributed by atoms with Crippen molar-refractivity contribution in [2.45, 2.75) is 38.6 Å². The van der Waals surface area contributed by atoms with Gasteiger partial charge in [-0.1, -0.05) is 6.92 Å². The molecule has 0 atom stereocenters. The van der Waals surface area contributed by atoms with Gasteiger partial charge in [0.05, 0.1) is 22.5 Å². The summed E-state index contributed by atoms with van der Waals surface area (Å²) in [5.41, 5.74) is 1.64. The van der Waals surface area contributed by atoms with Gasteiger partial charge in [-0.05, 0) is 51.1 Å². The zero-order chi connectivity index (χ0) is 23.8. The number of likely N-dealkylation sites (N-methyl/N-ethyl adjacent to an activating group) is 1. The molecule has 33 heavy (non-hydrogen) atoms. The molecular weight excluding hydrogens is 442 g/mol. The lowest BCUT2D eigenvalue weighted by molar-refractivity contribution is 0.222. The Kier molecular flexibility index (Phi) is 6.60. The minimum absolute atomic E-state index is 0.161. The maximum atomic E-state index is 13.3. The second kappa shape index (κ2) is 9.28. The summed E-state index contributed by atoms with van der Waals surface area (Å²) in [5.74, 6) is 0.768. The third kappa shape index (κ3) is 4.42. The average molecular weight is 474 g/mol. The van der Waals surface area contributed by atoms with E-state index >= 15 is 0 Å². The number of hydrogen-bond acceptors (Lipinski definition) is 6. The molecule has 0 spiro atoms. The number of aryl methyl sites for hydroxylation is 2. The number of fused-ring (bicyclic) bond motifs is 1. The molecule has 3 heterocycles. The van der Waals surface area contributed by atoms with Crippen LogP contribution in [-0.4, -0.2) is 72.0 Å². The van der Waals surface area contributed by atoms with Gasteiger partial charge in [-0.15, -0.1) is 0 Å². The Balaban J connectivity index is 1.85. The third-order valence-electron chi connectivity index (χ3n) is 5.99. The predicted octanol–water partition coefficient (Wildman–Crippen LogP) is 2.44. The van der Waals surface area contributed by atoms with Crippen LogP contribution >= 0.6 is 0 Å². The smallest absolute Gasteiger partial charge is 0.260 e. The highest BCUT2D eigenvalue weighted by molar-refractivity contribution is 7.89. The number of nitrogens with one attached hydrogen (secondary N) is 1. The normalized spacial score (nSPS) is 15.9. The molecule has 0 unspecified atom stereocenters. The number of hydrogen-bond donors (Lipinski definition) is 1. The van der Waals surface area contributed by atoms with Crippen LogP contribution in [-0.2, 0) is 16.6 Å². The van der Waals surface area contributed by atoms with E-state index in [0.29, 0.717) is 61.0 Å². The molecule has 1 N–H and O–H groups in total. The monoisotopic (exact) mass is 473 g/mol. The zero-order valence-electron chi connectivity index (χ0n) is 19.6. The lowest BCUT2D eigenvalue weighted by atomic mass is 10.1. The molecule has 1 fully saturated rings. The van der Waals surface area contributed by atoms with Crippen molar-refractivity contribution in [3.05, 3.63) is 40.3 Å². The van der Waals surface area contributed by atoms with Gasteiger partial charge in [-0.25, -0.2) is 13.4 Å². The van der Waals surface area contributed by atoms with E-state index in [1.165, 1.54) is 4.31 Å². The van der Waals surface area contributed by atoms with Crippen LogP contribution < -0.4 is 10.3 Å². The Morgan fingerprint density at radius 2 is 1.88 bits per heavy atom. The van der Waals surface area contributed by atoms with Crippen LogP contribution in [0.1, 0.15) is 25.8 Å². The van der Waals surface area contributed by atoms with Gasteiger partial charge in [0.25, 0.3) is 5.56 Å². The van der Waals surface area contributed by atoms with Gasteiger partial charge in [0.1, 0.15) is 17.2 Å². The number of benzene rings is 1. The molecule has 178 valence electrons. The van der Waals surface area contributed by atoms with Crippen molar-refractivity contribution < 1.29 is 13.2 Å². The Hall–Kier alpha value is -2.69. The van der Waals surface area contributed by atoms with Crippen LogP contribution in [0.2, 0.25) is 0 Å². The van der Waals surface area contributed by atoms with E-state index in [1.54, 1.807) is 18.2 Å². The third-order valence-corrected chi connectivity index (χ3v) is 7.88. The van der Waals surface area contributed by atoms with Crippen LogP contribution in [0, 0.1) is 6.92 Å². The summed E-state index contributed by atoms with van der Waals surface area (Å²) in [6.45, 7) is 9.18. The number of aromatic amines is 1. The number of sulfonamides is 1. The minimum Gasteiger partial charge on any atom is -0.493 e. The fourth-order valence-electron chi connectivity index (χ4n) is 4.24. The van der Waals surface area contributed by atoms with Gasteiger partial charge >= 0.3 is 0 Å². The fraction of sp³-hybridized carbons (Fsp3) is 0.478. The number of rotatable bonds is 7. The first-order valence-electron chi connectivity index (χ1n) is 11.3. The summed E-state index contributed by atoms with van der Waals surface area (Å²) < 4.78 is 35.9. The van der Waals surface area contributed by atoms with Crippen LogP contribution in [0.3, 0.4) is 0 Å². The average Bonchev–Trinajstić information content (AvgIpc) is 3.10. The summed E-state index contributed by atoms with van der Waals surface area (Å²) in [6, 6.07) is 4.76. The molecule has 1 saturated heterocycles. The Morgan fingerprint density at radius 1 is 1.15 bits per heavy atom. The second-order valence-electron chi connectivity index (χ2n) is 8.42. The summed E-state index contributed by atoms with van der Waals surface area (Å²) >= 11 is 0. The standard InChI is InChI=1S/C23H31N5O4S/c1-5-9-27-15-16(3)20-22(27)24-21(25-23(20)29)18-14-17(7-8-19(18)32-6-2)33(30,31)28-12-10-26(4)11-13-28/h7-8,14-15H,5-6,9-13H2,1-4H3,(H,24,25,29). The topological polar surface area (TPSA) is 101 Å². The molecule has 0 amide bonds. The summed E-state index contributed by atoms with van der Waals surface area (Å²) in [5, 5.41) is 0.548. The van der Waals surface area contributed by atoms with Gasteiger partial charge < -0.3 is 19.2 Å². The molecule has 1 aromatic carbocycles. The molecule has 3 aromatic rings. The van der Waals surface area contributed by atoms with E-state index in [4.69, 9.17) is 9.72 Å². The van der Waals surface area contributed by atoms with Crippen molar-refractivity contribution in [1.82, 2.24) is 23.7 Å². The van der Waals surface area contributed by atoms with Crippen molar-refractivity contribution in [2.75, 3.05) is 39.8 Å². The minimum atomic E-state index is -3.69. The van der Waals surface area contributed by atoms with Gasteiger partial charge in [0.15, 0.2) is 0 Å². The molecule has 1 aliphatic rings. The first kappa shape index (κ1) is 23.5. The maximum Gasteiger partial charge on any atom is 0.260 e. The van der Waals surface area contributed by atoms with Crippen LogP contribution in [0.15, 0.2) is 34.1 Å². The van der Waals surface area contributed by atoms with Crippen molar-refractivity contribution in [3.63, 3.8) is 0 Å². The van der Waals surface area contributed by atoms with E-state index in [9.17, 15) is 13.2 Å². The molecule has 10 heteroatoms. The Labute approximate surface area is 194 Å². The molecule has 0 aliphatic carbocycles. The van der Waals surface area contributed by atoms with E-state index in [1.807, 2.05) is 31.7 Å². The number of piperazine rings is 1. The number of nitrogens with zero attached hydrogens (tertiary/aromatic N) is 4. The zero-order valence-corrected chi connectivity index (χ0v) is 20.4. The van der Waals surface area contributed by atoms with Crippen molar-refractivity contribution in [3.8, 4) is 17.1 Å². The van der Waals surface area contributed by atoms with E-state index in [2.05, 4.69) is 16.8 Å². The molecule has 0 saturated carbocycles. The molecule has 1 aliphatic heterocycles. The van der Waals surface area contributed by atoms with E-state index in [-0.39, 0.29) is 10.5 Å². The van der Waals surface area contributed by atoms with Gasteiger partial charge in [-0.2, -0.15) is 4.31 Å². The quantitative estimate of drug-likeness (QED) is 0.566. The Bertz CT molecular complexity index is 1320. The highest BCUT2D eigenvalue weighted by atomic mass is 32.2. The van der Waals surface area contributed by atoms with Crippen LogP contribution in [0.25, 0.3) is 22.4 Å². The molecule has 2 aromatic heterocycles. The largest absolute Gasteiger partial charge is 0.493 e. The highest BCUT2D eigenvalue weighted by Crippen LogP contribution is 2.32. The van der Waals surface area contributed by atoms with Crippen molar-refractivity contribution in [1.29, 1.82) is 0 Å². The number of aromatic nitrogens is 3. The van der Waals surface area contributed by atoms with Crippen LogP contribution in [0.5, 0.6) is 5.75 Å². The first-order valence-corrected chi connectivity index (χ1v) is 12.8. The predicted molar refractivity (Wildman–Crippen MR) is 128 cm³/mol. The van der Waals surface area contributed by atoms with Gasteiger partial charge in [-0.3, -0.25) is 4.79 Å². The maximum absolute atomic E-state index is 13.3. The van der Waals surface area contributed by atoms with E-state index < -0.39 is 10.0 Å². The SMILES string of the molecule is CCCn1cc(C)c2c(=O)[nH]c(-c3cc(S(=O)(=O)N4CCN(C)CC4)ccc3OCC)nc21. The summed E-state index contributed by atoms with van der Waals surface area (Å²) in [6.07, 6.45) is 2.83. The number of H-pyrrole nitrogens is 1. The highest BCUT2D eigenvalue weighted by Gasteiger charge is 2.28.